The van der Waals surface area contributed by atoms with Crippen LogP contribution in [0.4, 0.5) is 0 Å². The van der Waals surface area contributed by atoms with E-state index >= 15 is 0 Å². The minimum absolute atomic E-state index is 0.931. The predicted molar refractivity (Wildman–Crippen MR) is 73.6 cm³/mol. The molecular formula is C15H23NO. The van der Waals surface area contributed by atoms with Crippen LogP contribution in [0.25, 0.3) is 0 Å². The lowest BCUT2D eigenvalue weighted by Crippen LogP contribution is -2.14. The lowest BCUT2D eigenvalue weighted by molar-refractivity contribution is 0.414. The fourth-order valence-corrected chi connectivity index (χ4v) is 1.62. The van der Waals surface area contributed by atoms with Gasteiger partial charge in [0.25, 0.3) is 0 Å². The maximum Gasteiger partial charge on any atom is 0.119 e. The summed E-state index contributed by atoms with van der Waals surface area (Å²) >= 11 is 0. The summed E-state index contributed by atoms with van der Waals surface area (Å²) < 4.78 is 5.19. The van der Waals surface area contributed by atoms with Crippen LogP contribution >= 0.6 is 0 Å². The molecule has 1 rings (SSSR count). The average molecular weight is 233 g/mol. The smallest absolute Gasteiger partial charge is 0.119 e. The summed E-state index contributed by atoms with van der Waals surface area (Å²) in [6.45, 7) is 4.37. The Kier molecular flexibility index (Phi) is 7.15. The second-order valence-electron chi connectivity index (χ2n) is 4.07. The number of benzene rings is 1. The summed E-state index contributed by atoms with van der Waals surface area (Å²) in [6.07, 6.45) is 7.74. The Morgan fingerprint density at radius 1 is 1.24 bits per heavy atom. The molecule has 1 aromatic carbocycles. The fraction of sp³-hybridized carbons (Fsp3) is 0.467. The SMILES string of the molecule is CCCNCCC=CCc1cccc(OC)c1. The third kappa shape index (κ3) is 6.12. The molecule has 0 atom stereocenters. The van der Waals surface area contributed by atoms with Crippen LogP contribution in [0.3, 0.4) is 0 Å². The number of ether oxygens (including phenoxy) is 1. The Morgan fingerprint density at radius 2 is 2.12 bits per heavy atom. The van der Waals surface area contributed by atoms with E-state index in [0.717, 1.165) is 31.7 Å². The highest BCUT2D eigenvalue weighted by molar-refractivity contribution is 5.29. The largest absolute Gasteiger partial charge is 0.497 e. The molecule has 94 valence electrons. The van der Waals surface area contributed by atoms with E-state index in [1.807, 2.05) is 12.1 Å². The van der Waals surface area contributed by atoms with Gasteiger partial charge in [0.05, 0.1) is 7.11 Å². The van der Waals surface area contributed by atoms with Crippen molar-refractivity contribution in [3.05, 3.63) is 42.0 Å². The Hall–Kier alpha value is -1.28. The van der Waals surface area contributed by atoms with E-state index in [4.69, 9.17) is 4.74 Å². The van der Waals surface area contributed by atoms with Crippen molar-refractivity contribution in [2.75, 3.05) is 20.2 Å². The normalized spacial score (nSPS) is 10.9. The molecule has 0 aliphatic rings. The van der Waals surface area contributed by atoms with Crippen LogP contribution in [-0.2, 0) is 6.42 Å². The summed E-state index contributed by atoms with van der Waals surface area (Å²) in [5.74, 6) is 0.931. The maximum atomic E-state index is 5.19. The van der Waals surface area contributed by atoms with Crippen molar-refractivity contribution in [3.8, 4) is 5.75 Å². The van der Waals surface area contributed by atoms with E-state index in [1.54, 1.807) is 7.11 Å². The zero-order valence-corrected chi connectivity index (χ0v) is 10.9. The highest BCUT2D eigenvalue weighted by Gasteiger charge is 1.92. The summed E-state index contributed by atoms with van der Waals surface area (Å²) in [4.78, 5) is 0. The van der Waals surface area contributed by atoms with Crippen LogP contribution in [0.1, 0.15) is 25.3 Å². The van der Waals surface area contributed by atoms with Gasteiger partial charge in [-0.25, -0.2) is 0 Å². The van der Waals surface area contributed by atoms with Crippen molar-refractivity contribution in [3.63, 3.8) is 0 Å². The molecule has 0 aliphatic carbocycles. The van der Waals surface area contributed by atoms with Gasteiger partial charge in [-0.05, 0) is 50.0 Å². The molecule has 0 aliphatic heterocycles. The van der Waals surface area contributed by atoms with Gasteiger partial charge in [-0.1, -0.05) is 31.2 Å². The van der Waals surface area contributed by atoms with Crippen molar-refractivity contribution in [2.24, 2.45) is 0 Å². The Morgan fingerprint density at radius 3 is 2.88 bits per heavy atom. The maximum absolute atomic E-state index is 5.19. The highest BCUT2D eigenvalue weighted by atomic mass is 16.5. The van der Waals surface area contributed by atoms with Gasteiger partial charge in [-0.15, -0.1) is 0 Å². The van der Waals surface area contributed by atoms with E-state index in [2.05, 4.69) is 36.5 Å². The molecule has 0 amide bonds. The van der Waals surface area contributed by atoms with Crippen molar-refractivity contribution >= 4 is 0 Å². The first-order valence-corrected chi connectivity index (χ1v) is 6.35. The first-order chi connectivity index (χ1) is 8.36. The third-order valence-corrected chi connectivity index (χ3v) is 2.57. The summed E-state index contributed by atoms with van der Waals surface area (Å²) in [5, 5.41) is 3.38. The Balaban J connectivity index is 2.22. The van der Waals surface area contributed by atoms with E-state index in [-0.39, 0.29) is 0 Å². The van der Waals surface area contributed by atoms with Gasteiger partial charge in [0.15, 0.2) is 0 Å². The first kappa shape index (κ1) is 13.8. The highest BCUT2D eigenvalue weighted by Crippen LogP contribution is 2.13. The lowest BCUT2D eigenvalue weighted by atomic mass is 10.1. The molecule has 0 saturated heterocycles. The standard InChI is InChI=1S/C15H23NO/c1-3-11-16-12-6-4-5-8-14-9-7-10-15(13-14)17-2/h4-5,7,9-10,13,16H,3,6,8,11-12H2,1-2H3. The van der Waals surface area contributed by atoms with Crippen LogP contribution in [0, 0.1) is 0 Å². The van der Waals surface area contributed by atoms with Gasteiger partial charge in [-0.2, -0.15) is 0 Å². The summed E-state index contributed by atoms with van der Waals surface area (Å²) in [6, 6.07) is 8.22. The van der Waals surface area contributed by atoms with Gasteiger partial charge in [0, 0.05) is 0 Å². The molecule has 0 unspecified atom stereocenters. The number of hydrogen-bond donors (Lipinski definition) is 1. The van der Waals surface area contributed by atoms with Crippen LogP contribution in [0.2, 0.25) is 0 Å². The predicted octanol–water partition coefficient (Wildman–Crippen LogP) is 3.18. The Bertz CT molecular complexity index is 333. The van der Waals surface area contributed by atoms with Crippen molar-refractivity contribution in [1.82, 2.24) is 5.32 Å². The fourth-order valence-electron chi connectivity index (χ4n) is 1.62. The minimum atomic E-state index is 0.931. The molecule has 0 aromatic heterocycles. The van der Waals surface area contributed by atoms with E-state index < -0.39 is 0 Å². The number of nitrogens with one attached hydrogen (secondary N) is 1. The second-order valence-corrected chi connectivity index (χ2v) is 4.07. The summed E-state index contributed by atoms with van der Waals surface area (Å²) in [7, 11) is 1.70. The van der Waals surface area contributed by atoms with E-state index in [9.17, 15) is 0 Å². The number of methoxy groups -OCH3 is 1. The molecule has 2 heteroatoms. The van der Waals surface area contributed by atoms with E-state index in [1.165, 1.54) is 12.0 Å². The zero-order valence-electron chi connectivity index (χ0n) is 10.9. The van der Waals surface area contributed by atoms with Crippen LogP contribution in [0.5, 0.6) is 5.75 Å². The molecule has 2 nitrogen and oxygen atoms in total. The summed E-state index contributed by atoms with van der Waals surface area (Å²) in [5.41, 5.74) is 1.29. The molecule has 17 heavy (non-hydrogen) atoms. The average Bonchev–Trinajstić information content (AvgIpc) is 2.38. The third-order valence-electron chi connectivity index (χ3n) is 2.57. The molecule has 0 heterocycles. The van der Waals surface area contributed by atoms with Gasteiger partial charge >= 0.3 is 0 Å². The molecule has 0 radical (unpaired) electrons. The molecular weight excluding hydrogens is 210 g/mol. The van der Waals surface area contributed by atoms with Crippen molar-refractivity contribution in [1.29, 1.82) is 0 Å². The van der Waals surface area contributed by atoms with Crippen molar-refractivity contribution < 1.29 is 4.74 Å². The second kappa shape index (κ2) is 8.82. The van der Waals surface area contributed by atoms with Crippen LogP contribution in [0.15, 0.2) is 36.4 Å². The number of allylic oxidation sites excluding steroid dienone is 1. The molecule has 0 spiro atoms. The van der Waals surface area contributed by atoms with Gasteiger partial charge in [-0.3, -0.25) is 0 Å². The Labute approximate surface area is 105 Å². The molecule has 0 saturated carbocycles. The minimum Gasteiger partial charge on any atom is -0.497 e. The first-order valence-electron chi connectivity index (χ1n) is 6.35. The van der Waals surface area contributed by atoms with Gasteiger partial charge < -0.3 is 10.1 Å². The van der Waals surface area contributed by atoms with Crippen LogP contribution in [-0.4, -0.2) is 20.2 Å². The number of rotatable bonds is 8. The monoisotopic (exact) mass is 233 g/mol. The molecule has 0 bridgehead atoms. The molecule has 1 aromatic rings. The van der Waals surface area contributed by atoms with Gasteiger partial charge in [0.1, 0.15) is 5.75 Å². The molecule has 1 N–H and O–H groups in total. The van der Waals surface area contributed by atoms with E-state index in [0.29, 0.717) is 0 Å². The van der Waals surface area contributed by atoms with Crippen molar-refractivity contribution in [2.45, 2.75) is 26.2 Å². The van der Waals surface area contributed by atoms with Gasteiger partial charge in [0.2, 0.25) is 0 Å². The zero-order chi connectivity index (χ0) is 12.3. The van der Waals surface area contributed by atoms with Crippen LogP contribution < -0.4 is 10.1 Å². The topological polar surface area (TPSA) is 21.3 Å². The molecule has 0 fully saturated rings. The quantitative estimate of drug-likeness (QED) is 0.550. The lowest BCUT2D eigenvalue weighted by Gasteiger charge is -2.01. The number of hydrogen-bond acceptors (Lipinski definition) is 2.